The van der Waals surface area contributed by atoms with E-state index in [0.29, 0.717) is 11.1 Å². The number of halogens is 1. The Morgan fingerprint density at radius 3 is 2.39 bits per heavy atom. The predicted molar refractivity (Wildman–Crippen MR) is 98.0 cm³/mol. The van der Waals surface area contributed by atoms with Gasteiger partial charge in [-0.1, -0.05) is 23.7 Å². The Hall–Kier alpha value is -3.46. The number of methoxy groups -OCH3 is 1. The van der Waals surface area contributed by atoms with Gasteiger partial charge in [-0.2, -0.15) is 0 Å². The number of hydrogen-bond acceptors (Lipinski definition) is 7. The van der Waals surface area contributed by atoms with E-state index in [-0.39, 0.29) is 17.1 Å². The average Bonchev–Trinajstić information content (AvgIpc) is 2.69. The van der Waals surface area contributed by atoms with Gasteiger partial charge in [0.2, 0.25) is 0 Å². The fourth-order valence-electron chi connectivity index (χ4n) is 2.17. The largest absolute Gasteiger partial charge is 0.465 e. The van der Waals surface area contributed by atoms with Crippen molar-refractivity contribution >= 4 is 35.1 Å². The molecule has 10 heteroatoms. The maximum absolute atomic E-state index is 12.0. The molecule has 9 nitrogen and oxygen atoms in total. The molecule has 2 aromatic rings. The highest BCUT2D eigenvalue weighted by molar-refractivity contribution is 6.31. The fourth-order valence-corrected chi connectivity index (χ4v) is 2.34. The van der Waals surface area contributed by atoms with Crippen LogP contribution in [0.2, 0.25) is 5.02 Å². The Balaban J connectivity index is 1.89. The van der Waals surface area contributed by atoms with Crippen LogP contribution in [0.4, 0.5) is 5.69 Å². The molecule has 0 aliphatic heterocycles. The van der Waals surface area contributed by atoms with Crippen molar-refractivity contribution in [1.29, 1.82) is 0 Å². The summed E-state index contributed by atoms with van der Waals surface area (Å²) in [7, 11) is 1.27. The van der Waals surface area contributed by atoms with Crippen molar-refractivity contribution in [2.24, 2.45) is 0 Å². The van der Waals surface area contributed by atoms with Gasteiger partial charge < -0.3 is 14.8 Å². The van der Waals surface area contributed by atoms with Gasteiger partial charge >= 0.3 is 11.9 Å². The molecule has 0 bridgehead atoms. The topological polar surface area (TPSA) is 125 Å². The van der Waals surface area contributed by atoms with Crippen LogP contribution in [-0.4, -0.2) is 36.5 Å². The minimum Gasteiger partial charge on any atom is -0.465 e. The fraction of sp³-hybridized carbons (Fsp3) is 0.167. The summed E-state index contributed by atoms with van der Waals surface area (Å²) in [4.78, 5) is 45.4. The van der Waals surface area contributed by atoms with Gasteiger partial charge in [-0.25, -0.2) is 9.59 Å². The zero-order chi connectivity index (χ0) is 20.7. The third-order valence-corrected chi connectivity index (χ3v) is 3.81. The Morgan fingerprint density at radius 1 is 1.11 bits per heavy atom. The van der Waals surface area contributed by atoms with Crippen LogP contribution < -0.4 is 5.32 Å². The van der Waals surface area contributed by atoms with Gasteiger partial charge in [0, 0.05) is 17.6 Å². The summed E-state index contributed by atoms with van der Waals surface area (Å²) in [6.45, 7) is -0.488. The number of carbonyl (C=O) groups excluding carboxylic acids is 3. The van der Waals surface area contributed by atoms with Gasteiger partial charge in [0.25, 0.3) is 11.6 Å². The molecule has 0 spiro atoms. The average molecular weight is 407 g/mol. The summed E-state index contributed by atoms with van der Waals surface area (Å²) in [6.07, 6.45) is 0. The molecular formula is C18H15ClN2O7. The zero-order valence-corrected chi connectivity index (χ0v) is 15.4. The molecule has 0 atom stereocenters. The summed E-state index contributed by atoms with van der Waals surface area (Å²) in [5.41, 5.74) is 0.261. The number of amides is 1. The number of nitrogens with one attached hydrogen (secondary N) is 1. The zero-order valence-electron chi connectivity index (χ0n) is 14.6. The Labute approximate surface area is 164 Å². The molecule has 0 unspecified atom stereocenters. The molecule has 28 heavy (non-hydrogen) atoms. The molecule has 2 rings (SSSR count). The van der Waals surface area contributed by atoms with Crippen molar-refractivity contribution in [3.8, 4) is 0 Å². The maximum atomic E-state index is 12.0. The molecule has 146 valence electrons. The van der Waals surface area contributed by atoms with Crippen molar-refractivity contribution in [2.45, 2.75) is 6.54 Å². The van der Waals surface area contributed by atoms with Crippen LogP contribution in [0.5, 0.6) is 0 Å². The quantitative estimate of drug-likeness (QED) is 0.425. The maximum Gasteiger partial charge on any atom is 0.345 e. The van der Waals surface area contributed by atoms with Gasteiger partial charge in [0.1, 0.15) is 5.56 Å². The van der Waals surface area contributed by atoms with Gasteiger partial charge in [-0.15, -0.1) is 0 Å². The number of carbonyl (C=O) groups is 3. The van der Waals surface area contributed by atoms with Gasteiger partial charge in [-0.05, 0) is 29.8 Å². The first-order valence-electron chi connectivity index (χ1n) is 7.87. The second kappa shape index (κ2) is 9.47. The number of nitrogens with zero attached hydrogens (tertiary/aromatic N) is 1. The van der Waals surface area contributed by atoms with E-state index in [2.05, 4.69) is 10.1 Å². The Morgan fingerprint density at radius 2 is 1.79 bits per heavy atom. The number of nitro groups is 1. The first kappa shape index (κ1) is 20.8. The number of ether oxygens (including phenoxy) is 2. The van der Waals surface area contributed by atoms with Gasteiger partial charge in [-0.3, -0.25) is 14.9 Å². The van der Waals surface area contributed by atoms with Crippen molar-refractivity contribution in [2.75, 3.05) is 13.7 Å². The number of hydrogen-bond donors (Lipinski definition) is 1. The van der Waals surface area contributed by atoms with Gasteiger partial charge in [0.15, 0.2) is 6.61 Å². The van der Waals surface area contributed by atoms with E-state index in [0.717, 1.165) is 12.1 Å². The standard InChI is InChI=1S/C18H15ClN2O7/c1-27-17(23)12-4-2-11(3-5-12)9-20-16(22)10-28-18(24)14-8-13(19)6-7-15(14)21(25)26/h2-8H,9-10H2,1H3,(H,20,22). The third kappa shape index (κ3) is 5.52. The highest BCUT2D eigenvalue weighted by Crippen LogP contribution is 2.23. The molecule has 1 amide bonds. The number of nitro benzene ring substituents is 1. The van der Waals surface area contributed by atoms with E-state index in [1.807, 2.05) is 0 Å². The van der Waals surface area contributed by atoms with Crippen LogP contribution in [0.25, 0.3) is 0 Å². The van der Waals surface area contributed by atoms with Crippen molar-refractivity contribution in [3.05, 3.63) is 74.3 Å². The van der Waals surface area contributed by atoms with E-state index in [9.17, 15) is 24.5 Å². The highest BCUT2D eigenvalue weighted by atomic mass is 35.5. The van der Waals surface area contributed by atoms with Crippen LogP contribution in [0, 0.1) is 10.1 Å². The molecule has 0 fully saturated rings. The summed E-state index contributed by atoms with van der Waals surface area (Å²) < 4.78 is 9.40. The van der Waals surface area contributed by atoms with Crippen molar-refractivity contribution in [1.82, 2.24) is 5.32 Å². The number of esters is 2. The minimum absolute atomic E-state index is 0.123. The van der Waals surface area contributed by atoms with Crippen LogP contribution in [0.3, 0.4) is 0 Å². The first-order chi connectivity index (χ1) is 13.3. The minimum atomic E-state index is -1.04. The summed E-state index contributed by atoms with van der Waals surface area (Å²) in [6, 6.07) is 9.81. The summed E-state index contributed by atoms with van der Waals surface area (Å²) in [5, 5.41) is 13.6. The summed E-state index contributed by atoms with van der Waals surface area (Å²) >= 11 is 5.75. The molecule has 0 radical (unpaired) electrons. The highest BCUT2D eigenvalue weighted by Gasteiger charge is 2.22. The van der Waals surface area contributed by atoms with Crippen LogP contribution in [-0.2, 0) is 20.8 Å². The van der Waals surface area contributed by atoms with E-state index >= 15 is 0 Å². The van der Waals surface area contributed by atoms with E-state index in [1.54, 1.807) is 24.3 Å². The number of benzene rings is 2. The molecule has 0 saturated carbocycles. The molecule has 0 aliphatic carbocycles. The molecule has 2 aromatic carbocycles. The molecule has 0 heterocycles. The van der Waals surface area contributed by atoms with Crippen molar-refractivity contribution in [3.63, 3.8) is 0 Å². The third-order valence-electron chi connectivity index (χ3n) is 3.57. The van der Waals surface area contributed by atoms with Crippen molar-refractivity contribution < 1.29 is 28.8 Å². The SMILES string of the molecule is COC(=O)c1ccc(CNC(=O)COC(=O)c2cc(Cl)ccc2[N+](=O)[O-])cc1. The molecule has 1 N–H and O–H groups in total. The Kier molecular flexibility index (Phi) is 7.05. The molecule has 0 saturated heterocycles. The lowest BCUT2D eigenvalue weighted by molar-refractivity contribution is -0.385. The lowest BCUT2D eigenvalue weighted by Crippen LogP contribution is -2.28. The van der Waals surface area contributed by atoms with Crippen LogP contribution >= 0.6 is 11.6 Å². The van der Waals surface area contributed by atoms with Crippen LogP contribution in [0.15, 0.2) is 42.5 Å². The lowest BCUT2D eigenvalue weighted by atomic mass is 10.1. The molecular weight excluding hydrogens is 392 g/mol. The normalized spacial score (nSPS) is 10.1. The first-order valence-corrected chi connectivity index (χ1v) is 8.24. The van der Waals surface area contributed by atoms with Gasteiger partial charge in [0.05, 0.1) is 17.6 Å². The second-order valence-corrected chi connectivity index (χ2v) is 5.90. The molecule has 0 aromatic heterocycles. The number of rotatable bonds is 7. The van der Waals surface area contributed by atoms with E-state index in [1.165, 1.54) is 13.2 Å². The Bertz CT molecular complexity index is 913. The monoisotopic (exact) mass is 406 g/mol. The lowest BCUT2D eigenvalue weighted by Gasteiger charge is -2.08. The van der Waals surface area contributed by atoms with Crippen LogP contribution in [0.1, 0.15) is 26.3 Å². The predicted octanol–water partition coefficient (Wildman–Crippen LogP) is 2.51. The van der Waals surface area contributed by atoms with E-state index < -0.39 is 35.1 Å². The molecule has 0 aliphatic rings. The summed E-state index contributed by atoms with van der Waals surface area (Å²) in [5.74, 6) is -2.11. The second-order valence-electron chi connectivity index (χ2n) is 5.46. The van der Waals surface area contributed by atoms with E-state index in [4.69, 9.17) is 16.3 Å². The smallest absolute Gasteiger partial charge is 0.345 e.